The number of hydrogen-bond donors (Lipinski definition) is 1. The molecule has 0 amide bonds. The van der Waals surface area contributed by atoms with Gasteiger partial charge in [-0.05, 0) is 35.9 Å². The van der Waals surface area contributed by atoms with Gasteiger partial charge in [0.2, 0.25) is 0 Å². The van der Waals surface area contributed by atoms with Gasteiger partial charge in [-0.3, -0.25) is 0 Å². The molecular formula is C23H22ClN3O. The number of rotatable bonds is 7. The number of fused-ring (bicyclic) bond motifs is 1. The normalized spacial score (nSPS) is 11.1. The van der Waals surface area contributed by atoms with Gasteiger partial charge < -0.3 is 14.6 Å². The third-order valence-electron chi connectivity index (χ3n) is 4.75. The van der Waals surface area contributed by atoms with Crippen LogP contribution in [0.2, 0.25) is 5.02 Å². The van der Waals surface area contributed by atoms with Gasteiger partial charge in [0.25, 0.3) is 0 Å². The molecule has 4 nitrogen and oxygen atoms in total. The molecule has 4 rings (SSSR count). The van der Waals surface area contributed by atoms with Crippen LogP contribution in [-0.2, 0) is 19.6 Å². The molecule has 0 unspecified atom stereocenters. The first-order valence-electron chi connectivity index (χ1n) is 9.26. The summed E-state index contributed by atoms with van der Waals surface area (Å²) in [6, 6.07) is 24.2. The van der Waals surface area contributed by atoms with E-state index in [0.29, 0.717) is 13.1 Å². The number of imidazole rings is 1. The molecule has 5 heteroatoms. The fourth-order valence-corrected chi connectivity index (χ4v) is 3.63. The van der Waals surface area contributed by atoms with E-state index in [9.17, 15) is 0 Å². The Hall–Kier alpha value is -2.82. The van der Waals surface area contributed by atoms with Crippen LogP contribution in [0.5, 0.6) is 5.75 Å². The van der Waals surface area contributed by atoms with Crippen LogP contribution in [0.25, 0.3) is 11.0 Å². The smallest absolute Gasteiger partial charge is 0.124 e. The highest BCUT2D eigenvalue weighted by Gasteiger charge is 2.11. The molecule has 0 radical (unpaired) electrons. The fraction of sp³-hybridized carbons (Fsp3) is 0.174. The summed E-state index contributed by atoms with van der Waals surface area (Å²) in [6.45, 7) is 2.10. The van der Waals surface area contributed by atoms with Crippen LogP contribution >= 0.6 is 11.6 Å². The summed E-state index contributed by atoms with van der Waals surface area (Å²) in [4.78, 5) is 4.84. The zero-order valence-electron chi connectivity index (χ0n) is 15.7. The number of methoxy groups -OCH3 is 1. The van der Waals surface area contributed by atoms with Gasteiger partial charge in [-0.1, -0.05) is 54.1 Å². The molecule has 1 heterocycles. The van der Waals surface area contributed by atoms with Crippen LogP contribution in [-0.4, -0.2) is 16.7 Å². The van der Waals surface area contributed by atoms with E-state index in [2.05, 4.69) is 28.1 Å². The van der Waals surface area contributed by atoms with Crippen molar-refractivity contribution in [2.75, 3.05) is 7.11 Å². The van der Waals surface area contributed by atoms with Gasteiger partial charge >= 0.3 is 0 Å². The molecule has 28 heavy (non-hydrogen) atoms. The largest absolute Gasteiger partial charge is 0.496 e. The summed E-state index contributed by atoms with van der Waals surface area (Å²) < 4.78 is 7.68. The minimum absolute atomic E-state index is 0.660. The van der Waals surface area contributed by atoms with E-state index in [1.54, 1.807) is 7.11 Å². The molecule has 0 aliphatic carbocycles. The molecule has 0 spiro atoms. The Labute approximate surface area is 169 Å². The van der Waals surface area contributed by atoms with Crippen molar-refractivity contribution in [1.29, 1.82) is 0 Å². The first kappa shape index (κ1) is 18.5. The molecule has 0 bridgehead atoms. The average molecular weight is 392 g/mol. The lowest BCUT2D eigenvalue weighted by Gasteiger charge is -2.12. The van der Waals surface area contributed by atoms with Crippen molar-refractivity contribution in [3.05, 3.63) is 94.8 Å². The van der Waals surface area contributed by atoms with E-state index in [1.807, 2.05) is 54.6 Å². The quantitative estimate of drug-likeness (QED) is 0.480. The van der Waals surface area contributed by atoms with Crippen molar-refractivity contribution < 1.29 is 4.74 Å². The number of ether oxygens (including phenoxy) is 1. The zero-order chi connectivity index (χ0) is 19.3. The lowest BCUT2D eigenvalue weighted by atomic mass is 10.2. The molecule has 4 aromatic rings. The summed E-state index contributed by atoms with van der Waals surface area (Å²) >= 11 is 6.17. The van der Waals surface area contributed by atoms with E-state index in [0.717, 1.165) is 45.3 Å². The summed E-state index contributed by atoms with van der Waals surface area (Å²) in [7, 11) is 1.70. The predicted molar refractivity (Wildman–Crippen MR) is 114 cm³/mol. The maximum Gasteiger partial charge on any atom is 0.124 e. The monoisotopic (exact) mass is 391 g/mol. The molecule has 0 fully saturated rings. The molecule has 3 aromatic carbocycles. The van der Waals surface area contributed by atoms with Crippen LogP contribution in [0.3, 0.4) is 0 Å². The number of para-hydroxylation sites is 3. The Bertz CT molecular complexity index is 1090. The van der Waals surface area contributed by atoms with Gasteiger partial charge in [0.15, 0.2) is 0 Å². The van der Waals surface area contributed by atoms with Crippen molar-refractivity contribution in [3.8, 4) is 5.75 Å². The van der Waals surface area contributed by atoms with Crippen LogP contribution in [0.15, 0.2) is 72.8 Å². The van der Waals surface area contributed by atoms with Gasteiger partial charge in [-0.2, -0.15) is 0 Å². The Balaban J connectivity index is 1.58. The fourth-order valence-electron chi connectivity index (χ4n) is 3.41. The summed E-state index contributed by atoms with van der Waals surface area (Å²) in [5.74, 6) is 1.89. The van der Waals surface area contributed by atoms with Gasteiger partial charge in [0.05, 0.1) is 24.7 Å². The number of nitrogens with one attached hydrogen (secondary N) is 1. The molecule has 0 atom stereocenters. The van der Waals surface area contributed by atoms with Crippen molar-refractivity contribution in [1.82, 2.24) is 14.9 Å². The SMILES string of the molecule is COc1ccccc1CNCc1nc2ccccc2n1Cc1cccc(Cl)c1. The van der Waals surface area contributed by atoms with Crippen molar-refractivity contribution in [2.45, 2.75) is 19.6 Å². The van der Waals surface area contributed by atoms with Gasteiger partial charge in [0.1, 0.15) is 11.6 Å². The highest BCUT2D eigenvalue weighted by Crippen LogP contribution is 2.20. The molecule has 0 aliphatic rings. The van der Waals surface area contributed by atoms with Gasteiger partial charge in [-0.15, -0.1) is 0 Å². The molecule has 1 aromatic heterocycles. The number of halogens is 1. The van der Waals surface area contributed by atoms with E-state index in [-0.39, 0.29) is 0 Å². The number of aromatic nitrogens is 2. The first-order chi connectivity index (χ1) is 13.7. The Morgan fingerprint density at radius 1 is 0.964 bits per heavy atom. The first-order valence-corrected chi connectivity index (χ1v) is 9.63. The Kier molecular flexibility index (Phi) is 5.60. The van der Waals surface area contributed by atoms with Gasteiger partial charge in [0, 0.05) is 23.7 Å². The van der Waals surface area contributed by atoms with Crippen molar-refractivity contribution in [2.24, 2.45) is 0 Å². The van der Waals surface area contributed by atoms with E-state index < -0.39 is 0 Å². The topological polar surface area (TPSA) is 39.1 Å². The molecule has 0 saturated heterocycles. The average Bonchev–Trinajstić information content (AvgIpc) is 3.06. The highest BCUT2D eigenvalue weighted by atomic mass is 35.5. The second-order valence-electron chi connectivity index (χ2n) is 6.65. The molecule has 0 saturated carbocycles. The summed E-state index contributed by atoms with van der Waals surface area (Å²) in [6.07, 6.45) is 0. The van der Waals surface area contributed by atoms with E-state index >= 15 is 0 Å². The minimum atomic E-state index is 0.660. The van der Waals surface area contributed by atoms with E-state index in [4.69, 9.17) is 21.3 Å². The summed E-state index contributed by atoms with van der Waals surface area (Å²) in [5, 5.41) is 4.25. The van der Waals surface area contributed by atoms with Crippen LogP contribution in [0, 0.1) is 0 Å². The van der Waals surface area contributed by atoms with Gasteiger partial charge in [-0.25, -0.2) is 4.98 Å². The standard InChI is InChI=1S/C23H22ClN3O/c1-28-22-12-5-2-8-18(22)14-25-15-23-26-20-10-3-4-11-21(20)27(23)16-17-7-6-9-19(24)13-17/h2-13,25H,14-16H2,1H3. The van der Waals surface area contributed by atoms with Crippen LogP contribution in [0.4, 0.5) is 0 Å². The maximum atomic E-state index is 6.17. The summed E-state index contributed by atoms with van der Waals surface area (Å²) in [5.41, 5.74) is 4.40. The number of hydrogen-bond acceptors (Lipinski definition) is 3. The molecule has 142 valence electrons. The van der Waals surface area contributed by atoms with Crippen molar-refractivity contribution >= 4 is 22.6 Å². The maximum absolute atomic E-state index is 6.17. The third kappa shape index (κ3) is 4.03. The Morgan fingerprint density at radius 2 is 1.79 bits per heavy atom. The zero-order valence-corrected chi connectivity index (χ0v) is 16.5. The third-order valence-corrected chi connectivity index (χ3v) is 4.99. The number of benzene rings is 3. The Morgan fingerprint density at radius 3 is 2.64 bits per heavy atom. The molecule has 0 aliphatic heterocycles. The second kappa shape index (κ2) is 8.46. The van der Waals surface area contributed by atoms with Crippen molar-refractivity contribution in [3.63, 3.8) is 0 Å². The lowest BCUT2D eigenvalue weighted by molar-refractivity contribution is 0.407. The van der Waals surface area contributed by atoms with Crippen LogP contribution < -0.4 is 10.1 Å². The van der Waals surface area contributed by atoms with E-state index in [1.165, 1.54) is 0 Å². The highest BCUT2D eigenvalue weighted by molar-refractivity contribution is 6.30. The number of nitrogens with zero attached hydrogens (tertiary/aromatic N) is 2. The predicted octanol–water partition coefficient (Wildman–Crippen LogP) is 5.04. The lowest BCUT2D eigenvalue weighted by Crippen LogP contribution is -2.17. The van der Waals surface area contributed by atoms with Crippen LogP contribution in [0.1, 0.15) is 17.0 Å². The minimum Gasteiger partial charge on any atom is -0.496 e. The molecular weight excluding hydrogens is 370 g/mol. The second-order valence-corrected chi connectivity index (χ2v) is 7.08. The molecule has 1 N–H and O–H groups in total.